The van der Waals surface area contributed by atoms with Gasteiger partial charge in [-0.2, -0.15) is 4.31 Å². The van der Waals surface area contributed by atoms with Crippen LogP contribution in [0.1, 0.15) is 24.4 Å². The zero-order chi connectivity index (χ0) is 21.4. The van der Waals surface area contributed by atoms with Gasteiger partial charge in [-0.05, 0) is 42.7 Å². The second-order valence-electron chi connectivity index (χ2n) is 7.67. The van der Waals surface area contributed by atoms with Gasteiger partial charge in [-0.1, -0.05) is 42.5 Å². The predicted molar refractivity (Wildman–Crippen MR) is 112 cm³/mol. The SMILES string of the molecule is COC(=O)[C@@]12CCC=C[C@@H]1CN(S(=O)(=O)c1ccccc1)[C@@H]2c1ccc(OC)cc1. The minimum Gasteiger partial charge on any atom is -0.497 e. The molecular weight excluding hydrogens is 402 g/mol. The van der Waals surface area contributed by atoms with Crippen molar-refractivity contribution in [1.82, 2.24) is 4.31 Å². The molecule has 6 nitrogen and oxygen atoms in total. The number of esters is 1. The van der Waals surface area contributed by atoms with Crippen molar-refractivity contribution in [3.63, 3.8) is 0 Å². The fourth-order valence-corrected chi connectivity index (χ4v) is 6.55. The predicted octanol–water partition coefficient (Wildman–Crippen LogP) is 3.57. The summed E-state index contributed by atoms with van der Waals surface area (Å²) in [6.45, 7) is 0.222. The first-order chi connectivity index (χ1) is 14.4. The Morgan fingerprint density at radius 2 is 1.77 bits per heavy atom. The summed E-state index contributed by atoms with van der Waals surface area (Å²) >= 11 is 0. The van der Waals surface area contributed by atoms with E-state index in [2.05, 4.69) is 0 Å². The van der Waals surface area contributed by atoms with Crippen molar-refractivity contribution in [1.29, 1.82) is 0 Å². The lowest BCUT2D eigenvalue weighted by atomic mass is 9.66. The molecule has 0 radical (unpaired) electrons. The largest absolute Gasteiger partial charge is 0.497 e. The second kappa shape index (κ2) is 7.89. The van der Waals surface area contributed by atoms with Crippen LogP contribution in [0.2, 0.25) is 0 Å². The zero-order valence-electron chi connectivity index (χ0n) is 17.0. The minimum atomic E-state index is -3.83. The van der Waals surface area contributed by atoms with Crippen molar-refractivity contribution >= 4 is 16.0 Å². The fourth-order valence-electron chi connectivity index (χ4n) is 4.83. The van der Waals surface area contributed by atoms with Gasteiger partial charge in [0.15, 0.2) is 0 Å². The Hall–Kier alpha value is -2.64. The third kappa shape index (κ3) is 3.13. The zero-order valence-corrected chi connectivity index (χ0v) is 17.8. The van der Waals surface area contributed by atoms with Gasteiger partial charge in [-0.3, -0.25) is 4.79 Å². The van der Waals surface area contributed by atoms with Crippen LogP contribution in [0, 0.1) is 11.3 Å². The highest BCUT2D eigenvalue weighted by Crippen LogP contribution is 2.57. The second-order valence-corrected chi connectivity index (χ2v) is 9.56. The summed E-state index contributed by atoms with van der Waals surface area (Å²) in [7, 11) is -0.884. The van der Waals surface area contributed by atoms with Crippen LogP contribution in [0.25, 0.3) is 0 Å². The molecule has 0 spiro atoms. The van der Waals surface area contributed by atoms with Gasteiger partial charge in [0.25, 0.3) is 0 Å². The van der Waals surface area contributed by atoms with Gasteiger partial charge in [-0.25, -0.2) is 8.42 Å². The molecule has 1 aliphatic heterocycles. The maximum Gasteiger partial charge on any atom is 0.314 e. The summed E-state index contributed by atoms with van der Waals surface area (Å²) in [5.41, 5.74) is -0.224. The molecular formula is C23H25NO5S. The smallest absolute Gasteiger partial charge is 0.314 e. The lowest BCUT2D eigenvalue weighted by molar-refractivity contribution is -0.156. The van der Waals surface area contributed by atoms with E-state index in [4.69, 9.17) is 9.47 Å². The number of rotatable bonds is 5. The average Bonchev–Trinajstić information content (AvgIpc) is 3.16. The van der Waals surface area contributed by atoms with E-state index in [9.17, 15) is 13.2 Å². The van der Waals surface area contributed by atoms with Gasteiger partial charge in [0.05, 0.1) is 30.6 Å². The molecule has 3 atom stereocenters. The van der Waals surface area contributed by atoms with Crippen molar-refractivity contribution in [2.75, 3.05) is 20.8 Å². The molecule has 0 aromatic heterocycles. The van der Waals surface area contributed by atoms with Crippen molar-refractivity contribution in [3.05, 3.63) is 72.3 Å². The Balaban J connectivity index is 1.91. The van der Waals surface area contributed by atoms with Gasteiger partial charge in [0.2, 0.25) is 10.0 Å². The standard InChI is InChI=1S/C23H25NO5S/c1-28-19-13-11-17(12-14-19)21-23(22(25)29-2)15-7-6-8-18(23)16-24(21)30(26,27)20-9-4-3-5-10-20/h3-6,8-14,18,21H,7,15-16H2,1-2H3/t18-,21-,23+/m1/s1. The first kappa shape index (κ1) is 20.6. The average molecular weight is 428 g/mol. The molecule has 1 fully saturated rings. The van der Waals surface area contributed by atoms with Crippen molar-refractivity contribution < 1.29 is 22.7 Å². The van der Waals surface area contributed by atoms with E-state index in [1.165, 1.54) is 11.4 Å². The lowest BCUT2D eigenvalue weighted by Gasteiger charge is -2.39. The lowest BCUT2D eigenvalue weighted by Crippen LogP contribution is -2.44. The van der Waals surface area contributed by atoms with Crippen molar-refractivity contribution in [2.24, 2.45) is 11.3 Å². The molecule has 2 aromatic rings. The summed E-state index contributed by atoms with van der Waals surface area (Å²) in [5.74, 6) is 0.0362. The maximum absolute atomic E-state index is 13.7. The van der Waals surface area contributed by atoms with Crippen LogP contribution in [0.15, 0.2) is 71.6 Å². The first-order valence-electron chi connectivity index (χ1n) is 9.91. The number of benzene rings is 2. The molecule has 0 unspecified atom stereocenters. The Morgan fingerprint density at radius 3 is 2.40 bits per heavy atom. The van der Waals surface area contributed by atoms with Crippen LogP contribution in [0.5, 0.6) is 5.75 Å². The molecule has 1 saturated heterocycles. The number of sulfonamides is 1. The van der Waals surface area contributed by atoms with Crippen molar-refractivity contribution in [2.45, 2.75) is 23.8 Å². The van der Waals surface area contributed by atoms with Gasteiger partial charge >= 0.3 is 5.97 Å². The quantitative estimate of drug-likeness (QED) is 0.539. The summed E-state index contributed by atoms with van der Waals surface area (Å²) in [6.07, 6.45) is 5.21. The van der Waals surface area contributed by atoms with Gasteiger partial charge in [0.1, 0.15) is 5.75 Å². The van der Waals surface area contributed by atoms with E-state index >= 15 is 0 Å². The van der Waals surface area contributed by atoms with E-state index in [1.807, 2.05) is 24.3 Å². The van der Waals surface area contributed by atoms with Gasteiger partial charge in [-0.15, -0.1) is 0 Å². The van der Waals surface area contributed by atoms with E-state index in [-0.39, 0.29) is 23.3 Å². The number of nitrogens with zero attached hydrogens (tertiary/aromatic N) is 1. The topological polar surface area (TPSA) is 72.9 Å². The number of carbonyl (C=O) groups is 1. The van der Waals surface area contributed by atoms with Crippen LogP contribution in [0.4, 0.5) is 0 Å². The number of methoxy groups -OCH3 is 2. The Kier molecular flexibility index (Phi) is 5.42. The molecule has 2 aliphatic rings. The van der Waals surface area contributed by atoms with Crippen LogP contribution < -0.4 is 4.74 Å². The monoisotopic (exact) mass is 427 g/mol. The maximum atomic E-state index is 13.7. The molecule has 1 heterocycles. The van der Waals surface area contributed by atoms with Gasteiger partial charge < -0.3 is 9.47 Å². The summed E-state index contributed by atoms with van der Waals surface area (Å²) in [6, 6.07) is 14.9. The summed E-state index contributed by atoms with van der Waals surface area (Å²) in [4.78, 5) is 13.4. The van der Waals surface area contributed by atoms with E-state index < -0.39 is 21.5 Å². The molecule has 4 rings (SSSR count). The molecule has 0 N–H and O–H groups in total. The molecule has 7 heteroatoms. The molecule has 2 aromatic carbocycles. The Bertz CT molecular complexity index is 1050. The number of carbonyl (C=O) groups excluding carboxylic acids is 1. The third-order valence-electron chi connectivity index (χ3n) is 6.25. The van der Waals surface area contributed by atoms with E-state index in [0.717, 1.165) is 5.56 Å². The van der Waals surface area contributed by atoms with Crippen LogP contribution in [0.3, 0.4) is 0 Å². The molecule has 0 amide bonds. The number of fused-ring (bicyclic) bond motifs is 1. The third-order valence-corrected chi connectivity index (χ3v) is 8.10. The van der Waals surface area contributed by atoms with Crippen LogP contribution in [-0.2, 0) is 19.6 Å². The first-order valence-corrected chi connectivity index (χ1v) is 11.3. The molecule has 0 bridgehead atoms. The highest BCUT2D eigenvalue weighted by molar-refractivity contribution is 7.89. The molecule has 1 aliphatic carbocycles. The highest BCUT2D eigenvalue weighted by atomic mass is 32.2. The number of hydrogen-bond acceptors (Lipinski definition) is 5. The summed E-state index contributed by atoms with van der Waals surface area (Å²) < 4.78 is 39.3. The molecule has 0 saturated carbocycles. The Morgan fingerprint density at radius 1 is 1.07 bits per heavy atom. The summed E-state index contributed by atoms with van der Waals surface area (Å²) in [5, 5.41) is 0. The number of allylic oxidation sites excluding steroid dienone is 1. The van der Waals surface area contributed by atoms with Crippen molar-refractivity contribution in [3.8, 4) is 5.75 Å². The molecule has 30 heavy (non-hydrogen) atoms. The highest BCUT2D eigenvalue weighted by Gasteiger charge is 2.62. The number of hydrogen-bond donors (Lipinski definition) is 0. The van der Waals surface area contributed by atoms with E-state index in [0.29, 0.717) is 18.6 Å². The Labute approximate surface area is 177 Å². The van der Waals surface area contributed by atoms with E-state index in [1.54, 1.807) is 49.6 Å². The fraction of sp³-hybridized carbons (Fsp3) is 0.348. The minimum absolute atomic E-state index is 0.214. The van der Waals surface area contributed by atoms with Crippen LogP contribution >= 0.6 is 0 Å². The van der Waals surface area contributed by atoms with Gasteiger partial charge in [0, 0.05) is 12.5 Å². The molecule has 158 valence electrons. The van der Waals surface area contributed by atoms with Crippen LogP contribution in [-0.4, -0.2) is 39.5 Å². The normalized spacial score (nSPS) is 26.2. The number of ether oxygens (including phenoxy) is 2.